The Morgan fingerprint density at radius 3 is 2.52 bits per heavy atom. The highest BCUT2D eigenvalue weighted by molar-refractivity contribution is 5.87. The van der Waals surface area contributed by atoms with Gasteiger partial charge < -0.3 is 4.74 Å². The molecule has 3 fully saturated rings. The molecule has 0 heterocycles. The summed E-state index contributed by atoms with van der Waals surface area (Å²) in [5.74, 6) is 1.49. The molecule has 2 heteroatoms. The summed E-state index contributed by atoms with van der Waals surface area (Å²) in [6.45, 7) is 7.96. The Balaban J connectivity index is 1.91. The second kappa shape index (κ2) is 5.44. The molecule has 0 aliphatic heterocycles. The van der Waals surface area contributed by atoms with E-state index in [0.717, 1.165) is 24.7 Å². The molecule has 3 aliphatic rings. The van der Waals surface area contributed by atoms with Crippen LogP contribution in [-0.2, 0) is 9.53 Å². The highest BCUT2D eigenvalue weighted by atomic mass is 16.6. The first kappa shape index (κ1) is 15.1. The van der Waals surface area contributed by atoms with Gasteiger partial charge in [0.1, 0.15) is 5.60 Å². The van der Waals surface area contributed by atoms with E-state index in [-0.39, 0.29) is 17.0 Å². The molecule has 0 radical (unpaired) electrons. The Hall–Kier alpha value is -0.790. The van der Waals surface area contributed by atoms with Crippen LogP contribution in [0, 0.1) is 17.3 Å². The lowest BCUT2D eigenvalue weighted by Gasteiger charge is -2.56. The van der Waals surface area contributed by atoms with Gasteiger partial charge in [0.2, 0.25) is 0 Å². The van der Waals surface area contributed by atoms with Gasteiger partial charge in [-0.1, -0.05) is 26.3 Å². The van der Waals surface area contributed by atoms with E-state index in [9.17, 15) is 4.79 Å². The Bertz CT molecular complexity index is 429. The average molecular weight is 290 g/mol. The molecule has 0 aromatic heterocycles. The molecule has 118 valence electrons. The van der Waals surface area contributed by atoms with Gasteiger partial charge in [-0.3, -0.25) is 0 Å². The first-order chi connectivity index (χ1) is 9.96. The molecule has 3 atom stereocenters. The zero-order chi connectivity index (χ0) is 15.1. The average Bonchev–Trinajstić information content (AvgIpc) is 2.88. The Morgan fingerprint density at radius 2 is 1.86 bits per heavy atom. The normalized spacial score (nSPS) is 38.0. The quantitative estimate of drug-likeness (QED) is 0.538. The first-order valence-corrected chi connectivity index (χ1v) is 8.85. The summed E-state index contributed by atoms with van der Waals surface area (Å²) in [4.78, 5) is 12.3. The predicted octanol–water partition coefficient (Wildman–Crippen LogP) is 5.03. The van der Waals surface area contributed by atoms with Crippen LogP contribution in [0.3, 0.4) is 0 Å². The zero-order valence-corrected chi connectivity index (χ0v) is 13.7. The summed E-state index contributed by atoms with van der Waals surface area (Å²) in [5, 5.41) is 0. The number of fused-ring (bicyclic) bond motifs is 2. The zero-order valence-electron chi connectivity index (χ0n) is 13.7. The molecule has 3 unspecified atom stereocenters. The van der Waals surface area contributed by atoms with Gasteiger partial charge in [0.15, 0.2) is 0 Å². The second-order valence-electron chi connectivity index (χ2n) is 8.16. The van der Waals surface area contributed by atoms with Crippen molar-refractivity contribution in [2.45, 2.75) is 83.7 Å². The maximum atomic E-state index is 12.3. The third-order valence-electron chi connectivity index (χ3n) is 6.44. The van der Waals surface area contributed by atoms with Crippen LogP contribution in [0.25, 0.3) is 0 Å². The van der Waals surface area contributed by atoms with Crippen LogP contribution in [0.1, 0.15) is 78.1 Å². The van der Waals surface area contributed by atoms with E-state index in [1.165, 1.54) is 51.4 Å². The molecule has 2 bridgehead atoms. The molecule has 21 heavy (non-hydrogen) atoms. The predicted molar refractivity (Wildman–Crippen MR) is 84.9 cm³/mol. The molecule has 0 saturated heterocycles. The SMILES string of the molecule is C=C(C)C(=O)OC1(C23CCCC(CC(C)C2)C3)CCCC1. The summed E-state index contributed by atoms with van der Waals surface area (Å²) >= 11 is 0. The van der Waals surface area contributed by atoms with Crippen molar-refractivity contribution < 1.29 is 9.53 Å². The number of ether oxygens (including phenoxy) is 1. The third-order valence-corrected chi connectivity index (χ3v) is 6.44. The number of hydrogen-bond acceptors (Lipinski definition) is 2. The van der Waals surface area contributed by atoms with Gasteiger partial charge in [0.05, 0.1) is 0 Å². The standard InChI is InChI=1S/C19H30O2/c1-14(2)17(20)21-19(9-4-5-10-19)18-8-6-7-16(13-18)11-15(3)12-18/h15-16H,1,4-13H2,2-3H3. The summed E-state index contributed by atoms with van der Waals surface area (Å²) in [6.07, 6.45) is 12.5. The van der Waals surface area contributed by atoms with Crippen LogP contribution in [0.4, 0.5) is 0 Å². The van der Waals surface area contributed by atoms with E-state index >= 15 is 0 Å². The van der Waals surface area contributed by atoms with Crippen molar-refractivity contribution in [3.05, 3.63) is 12.2 Å². The smallest absolute Gasteiger partial charge is 0.333 e. The highest BCUT2D eigenvalue weighted by Crippen LogP contribution is 2.61. The van der Waals surface area contributed by atoms with Gasteiger partial charge in [-0.25, -0.2) is 4.79 Å². The summed E-state index contributed by atoms with van der Waals surface area (Å²) in [5.41, 5.74) is 0.625. The molecule has 3 saturated carbocycles. The summed E-state index contributed by atoms with van der Waals surface area (Å²) < 4.78 is 6.19. The van der Waals surface area contributed by atoms with Gasteiger partial charge in [-0.2, -0.15) is 0 Å². The van der Waals surface area contributed by atoms with Crippen LogP contribution in [0.5, 0.6) is 0 Å². The second-order valence-corrected chi connectivity index (χ2v) is 8.16. The van der Waals surface area contributed by atoms with E-state index in [1.807, 2.05) is 0 Å². The van der Waals surface area contributed by atoms with Crippen molar-refractivity contribution in [3.8, 4) is 0 Å². The lowest BCUT2D eigenvalue weighted by atomic mass is 9.52. The first-order valence-electron chi connectivity index (χ1n) is 8.85. The number of carbonyl (C=O) groups excluding carboxylic acids is 1. The van der Waals surface area contributed by atoms with Crippen LogP contribution in [0.2, 0.25) is 0 Å². The fourth-order valence-electron chi connectivity index (χ4n) is 5.74. The van der Waals surface area contributed by atoms with Gasteiger partial charge in [-0.15, -0.1) is 0 Å². The van der Waals surface area contributed by atoms with Crippen molar-refractivity contribution >= 4 is 5.97 Å². The lowest BCUT2D eigenvalue weighted by molar-refractivity contribution is -0.188. The van der Waals surface area contributed by atoms with Gasteiger partial charge in [0.25, 0.3) is 0 Å². The van der Waals surface area contributed by atoms with Gasteiger partial charge in [0, 0.05) is 11.0 Å². The van der Waals surface area contributed by atoms with E-state index in [2.05, 4.69) is 13.5 Å². The van der Waals surface area contributed by atoms with Crippen molar-refractivity contribution in [1.29, 1.82) is 0 Å². The van der Waals surface area contributed by atoms with Crippen molar-refractivity contribution in [3.63, 3.8) is 0 Å². The molecule has 3 rings (SSSR count). The Morgan fingerprint density at radius 1 is 1.14 bits per heavy atom. The molecule has 3 aliphatic carbocycles. The molecule has 0 spiro atoms. The molecule has 0 amide bonds. The molecule has 2 nitrogen and oxygen atoms in total. The summed E-state index contributed by atoms with van der Waals surface area (Å²) in [7, 11) is 0. The molecule has 0 aromatic carbocycles. The molecule has 0 aromatic rings. The molecule has 0 N–H and O–H groups in total. The van der Waals surface area contributed by atoms with Crippen LogP contribution in [-0.4, -0.2) is 11.6 Å². The number of esters is 1. The number of rotatable bonds is 3. The Labute approximate surface area is 129 Å². The number of carbonyl (C=O) groups is 1. The van der Waals surface area contributed by atoms with E-state index in [0.29, 0.717) is 5.57 Å². The summed E-state index contributed by atoms with van der Waals surface area (Å²) in [6, 6.07) is 0. The maximum Gasteiger partial charge on any atom is 0.333 e. The fourth-order valence-corrected chi connectivity index (χ4v) is 5.74. The molecular weight excluding hydrogens is 260 g/mol. The topological polar surface area (TPSA) is 26.3 Å². The lowest BCUT2D eigenvalue weighted by Crippen LogP contribution is -2.54. The monoisotopic (exact) mass is 290 g/mol. The van der Waals surface area contributed by atoms with E-state index in [1.54, 1.807) is 6.92 Å². The minimum Gasteiger partial charge on any atom is -0.455 e. The van der Waals surface area contributed by atoms with Crippen molar-refractivity contribution in [1.82, 2.24) is 0 Å². The van der Waals surface area contributed by atoms with Crippen LogP contribution in [0.15, 0.2) is 12.2 Å². The van der Waals surface area contributed by atoms with E-state index < -0.39 is 0 Å². The molecular formula is C19H30O2. The van der Waals surface area contributed by atoms with Gasteiger partial charge >= 0.3 is 5.97 Å². The van der Waals surface area contributed by atoms with Crippen molar-refractivity contribution in [2.75, 3.05) is 0 Å². The van der Waals surface area contributed by atoms with Crippen molar-refractivity contribution in [2.24, 2.45) is 17.3 Å². The Kier molecular flexibility index (Phi) is 3.92. The van der Waals surface area contributed by atoms with Crippen LogP contribution < -0.4 is 0 Å². The fraction of sp³-hybridized carbons (Fsp3) is 0.842. The minimum atomic E-state index is -0.184. The largest absolute Gasteiger partial charge is 0.455 e. The highest BCUT2D eigenvalue weighted by Gasteiger charge is 2.58. The third kappa shape index (κ3) is 2.55. The maximum absolute atomic E-state index is 12.3. The number of hydrogen-bond donors (Lipinski definition) is 0. The minimum absolute atomic E-state index is 0.161. The van der Waals surface area contributed by atoms with Gasteiger partial charge in [-0.05, 0) is 70.1 Å². The van der Waals surface area contributed by atoms with E-state index in [4.69, 9.17) is 4.74 Å². The van der Waals surface area contributed by atoms with Crippen LogP contribution >= 0.6 is 0 Å².